The molecule has 0 saturated carbocycles. The molecular weight excluding hydrogens is 351 g/mol. The number of rotatable bonds is 4. The van der Waals surface area contributed by atoms with Crippen LogP contribution in [0.5, 0.6) is 0 Å². The molecule has 1 aliphatic heterocycles. The fraction of sp³-hybridized carbons (Fsp3) is 0.167. The second-order valence-electron chi connectivity index (χ2n) is 6.27. The van der Waals surface area contributed by atoms with E-state index in [2.05, 4.69) is 20.8 Å². The summed E-state index contributed by atoms with van der Waals surface area (Å²) < 4.78 is 15.7. The lowest BCUT2D eigenvalue weighted by atomic mass is 9.91. The molecule has 3 amide bonds. The molecule has 1 unspecified atom stereocenters. The maximum atomic E-state index is 14.2. The summed E-state index contributed by atoms with van der Waals surface area (Å²) in [5.74, 6) is -0.827. The SMILES string of the molecule is CC1(c2ccccc2F)NC(=O)N(Cc2nnnn2-c2ccccc2)C1=O. The van der Waals surface area contributed by atoms with Gasteiger partial charge in [0.25, 0.3) is 5.91 Å². The van der Waals surface area contributed by atoms with E-state index < -0.39 is 23.3 Å². The third-order valence-corrected chi connectivity index (χ3v) is 4.52. The topological polar surface area (TPSA) is 93.0 Å². The van der Waals surface area contributed by atoms with Gasteiger partial charge < -0.3 is 5.32 Å². The molecule has 0 radical (unpaired) electrons. The number of halogens is 1. The number of hydrogen-bond acceptors (Lipinski definition) is 5. The third-order valence-electron chi connectivity index (χ3n) is 4.52. The summed E-state index contributed by atoms with van der Waals surface area (Å²) >= 11 is 0. The lowest BCUT2D eigenvalue weighted by molar-refractivity contribution is -0.131. The molecule has 27 heavy (non-hydrogen) atoms. The van der Waals surface area contributed by atoms with Gasteiger partial charge in [-0.25, -0.2) is 9.18 Å². The number of tetrazole rings is 1. The van der Waals surface area contributed by atoms with Gasteiger partial charge in [-0.1, -0.05) is 36.4 Å². The zero-order valence-corrected chi connectivity index (χ0v) is 14.3. The van der Waals surface area contributed by atoms with Crippen LogP contribution in [0.3, 0.4) is 0 Å². The van der Waals surface area contributed by atoms with E-state index in [4.69, 9.17) is 0 Å². The Labute approximate surface area is 153 Å². The second-order valence-corrected chi connectivity index (χ2v) is 6.27. The van der Waals surface area contributed by atoms with E-state index in [0.29, 0.717) is 11.5 Å². The molecule has 0 aliphatic carbocycles. The second kappa shape index (κ2) is 6.27. The van der Waals surface area contributed by atoms with Crippen LogP contribution in [-0.2, 0) is 16.9 Å². The standard InChI is InChI=1S/C18H15FN6O2/c1-18(13-9-5-6-10-14(13)19)16(26)24(17(27)20-18)11-15-21-22-23-25(15)12-7-3-2-4-8-12/h2-10H,11H2,1H3,(H,20,27). The smallest absolute Gasteiger partial charge is 0.319 e. The van der Waals surface area contributed by atoms with Crippen LogP contribution in [0.25, 0.3) is 5.69 Å². The van der Waals surface area contributed by atoms with E-state index in [9.17, 15) is 14.0 Å². The highest BCUT2D eigenvalue weighted by Crippen LogP contribution is 2.31. The Morgan fingerprint density at radius 3 is 2.52 bits per heavy atom. The van der Waals surface area contributed by atoms with Crippen LogP contribution in [0.1, 0.15) is 18.3 Å². The number of carbonyl (C=O) groups is 2. The van der Waals surface area contributed by atoms with Crippen molar-refractivity contribution < 1.29 is 14.0 Å². The highest BCUT2D eigenvalue weighted by atomic mass is 19.1. The molecule has 0 spiro atoms. The summed E-state index contributed by atoms with van der Waals surface area (Å²) in [4.78, 5) is 26.4. The molecule has 2 heterocycles. The number of urea groups is 1. The van der Waals surface area contributed by atoms with Gasteiger partial charge in [0.1, 0.15) is 11.4 Å². The van der Waals surface area contributed by atoms with Crippen molar-refractivity contribution in [2.45, 2.75) is 19.0 Å². The van der Waals surface area contributed by atoms with Crippen molar-refractivity contribution in [3.05, 3.63) is 71.8 Å². The highest BCUT2D eigenvalue weighted by molar-refractivity contribution is 6.07. The highest BCUT2D eigenvalue weighted by Gasteiger charge is 2.50. The van der Waals surface area contributed by atoms with Gasteiger partial charge in [0, 0.05) is 5.56 Å². The first-order chi connectivity index (χ1) is 13.0. The predicted octanol–water partition coefficient (Wildman–Crippen LogP) is 1.77. The van der Waals surface area contributed by atoms with Gasteiger partial charge in [0.05, 0.1) is 12.2 Å². The van der Waals surface area contributed by atoms with Crippen LogP contribution in [0.15, 0.2) is 54.6 Å². The Kier molecular flexibility index (Phi) is 3.91. The van der Waals surface area contributed by atoms with Crippen molar-refractivity contribution in [2.24, 2.45) is 0 Å². The molecule has 1 N–H and O–H groups in total. The van der Waals surface area contributed by atoms with Crippen LogP contribution in [0, 0.1) is 5.82 Å². The van der Waals surface area contributed by atoms with Gasteiger partial charge in [-0.3, -0.25) is 9.69 Å². The molecule has 136 valence electrons. The van der Waals surface area contributed by atoms with Gasteiger partial charge in [-0.05, 0) is 35.5 Å². The summed E-state index contributed by atoms with van der Waals surface area (Å²) in [7, 11) is 0. The Bertz CT molecular complexity index is 1020. The summed E-state index contributed by atoms with van der Waals surface area (Å²) in [6, 6.07) is 14.3. The molecule has 9 heteroatoms. The quantitative estimate of drug-likeness (QED) is 0.711. The van der Waals surface area contributed by atoms with E-state index in [1.165, 1.54) is 29.8 Å². The fourth-order valence-corrected chi connectivity index (χ4v) is 3.11. The van der Waals surface area contributed by atoms with Crippen molar-refractivity contribution >= 4 is 11.9 Å². The molecule has 4 rings (SSSR count). The molecule has 1 fully saturated rings. The van der Waals surface area contributed by atoms with Crippen molar-refractivity contribution in [3.8, 4) is 5.69 Å². The minimum absolute atomic E-state index is 0.105. The van der Waals surface area contributed by atoms with Gasteiger partial charge >= 0.3 is 6.03 Å². The average Bonchev–Trinajstić information content (AvgIpc) is 3.22. The number of hydrogen-bond donors (Lipinski definition) is 1. The molecular formula is C18H15FN6O2. The average molecular weight is 366 g/mol. The van der Waals surface area contributed by atoms with Crippen LogP contribution in [-0.4, -0.2) is 37.0 Å². The summed E-state index contributed by atoms with van der Waals surface area (Å²) in [6.45, 7) is 1.34. The number of benzene rings is 2. The maximum Gasteiger partial charge on any atom is 0.325 e. The van der Waals surface area contributed by atoms with Crippen molar-refractivity contribution in [1.82, 2.24) is 30.4 Å². The summed E-state index contributed by atoms with van der Waals surface area (Å²) in [6.07, 6.45) is 0. The molecule has 0 bridgehead atoms. The molecule has 8 nitrogen and oxygen atoms in total. The number of carbonyl (C=O) groups excluding carboxylic acids is 2. The Morgan fingerprint density at radius 1 is 1.07 bits per heavy atom. The van der Waals surface area contributed by atoms with E-state index in [0.717, 1.165) is 4.90 Å². The van der Waals surface area contributed by atoms with Crippen molar-refractivity contribution in [2.75, 3.05) is 0 Å². The number of imide groups is 1. The number of nitrogens with one attached hydrogen (secondary N) is 1. The summed E-state index contributed by atoms with van der Waals surface area (Å²) in [5, 5.41) is 14.0. The first-order valence-electron chi connectivity index (χ1n) is 8.22. The minimum Gasteiger partial charge on any atom is -0.319 e. The zero-order valence-electron chi connectivity index (χ0n) is 14.3. The van der Waals surface area contributed by atoms with Crippen LogP contribution in [0.4, 0.5) is 9.18 Å². The van der Waals surface area contributed by atoms with Crippen molar-refractivity contribution in [1.29, 1.82) is 0 Å². The minimum atomic E-state index is -1.49. The van der Waals surface area contributed by atoms with E-state index in [1.54, 1.807) is 18.2 Å². The molecule has 1 saturated heterocycles. The fourth-order valence-electron chi connectivity index (χ4n) is 3.11. The van der Waals surface area contributed by atoms with E-state index in [1.807, 2.05) is 18.2 Å². The molecule has 3 aromatic rings. The molecule has 1 atom stereocenters. The van der Waals surface area contributed by atoms with Gasteiger partial charge in [-0.15, -0.1) is 5.10 Å². The number of aromatic nitrogens is 4. The molecule has 1 aromatic heterocycles. The van der Waals surface area contributed by atoms with Crippen LogP contribution in [0.2, 0.25) is 0 Å². The van der Waals surface area contributed by atoms with Gasteiger partial charge in [0.15, 0.2) is 5.82 Å². The van der Waals surface area contributed by atoms with Crippen LogP contribution >= 0.6 is 0 Å². The first kappa shape index (κ1) is 16.8. The lowest BCUT2D eigenvalue weighted by Crippen LogP contribution is -2.41. The maximum absolute atomic E-state index is 14.2. The van der Waals surface area contributed by atoms with Crippen molar-refractivity contribution in [3.63, 3.8) is 0 Å². The normalized spacial score (nSPS) is 19.4. The largest absolute Gasteiger partial charge is 0.325 e. The number of amides is 3. The zero-order chi connectivity index (χ0) is 19.0. The van der Waals surface area contributed by atoms with Gasteiger partial charge in [0.2, 0.25) is 0 Å². The number of nitrogens with zero attached hydrogens (tertiary/aromatic N) is 5. The van der Waals surface area contributed by atoms with Gasteiger partial charge in [-0.2, -0.15) is 4.68 Å². The monoisotopic (exact) mass is 366 g/mol. The van der Waals surface area contributed by atoms with E-state index in [-0.39, 0.29) is 12.1 Å². The first-order valence-corrected chi connectivity index (χ1v) is 8.22. The van der Waals surface area contributed by atoms with Crippen LogP contribution < -0.4 is 5.32 Å². The summed E-state index contributed by atoms with van der Waals surface area (Å²) in [5.41, 5.74) is -0.692. The Hall–Kier alpha value is -3.62. The predicted molar refractivity (Wildman–Crippen MR) is 92.0 cm³/mol. The lowest BCUT2D eigenvalue weighted by Gasteiger charge is -2.22. The Morgan fingerprint density at radius 2 is 1.78 bits per heavy atom. The Balaban J connectivity index is 1.65. The van der Waals surface area contributed by atoms with E-state index >= 15 is 0 Å². The molecule has 1 aliphatic rings. The number of para-hydroxylation sites is 1. The molecule has 2 aromatic carbocycles. The third kappa shape index (κ3) is 2.73.